The highest BCUT2D eigenvalue weighted by atomic mass is 19.5. The minimum Gasteiger partial charge on any atom is -0.418 e. The molecule has 0 N–H and O–H groups in total. The first kappa shape index (κ1) is 23.9. The number of rotatable bonds is 12. The van der Waals surface area contributed by atoms with Crippen molar-refractivity contribution >= 4 is 7.25 Å². The molecular formula is C14H32BF4NO2. The van der Waals surface area contributed by atoms with Crippen LogP contribution in [0.1, 0.15) is 53.4 Å². The van der Waals surface area contributed by atoms with Gasteiger partial charge in [0.2, 0.25) is 0 Å². The third kappa shape index (κ3) is 17.7. The Bertz CT molecular complexity index is 225. The molecule has 0 aliphatic carbocycles. The van der Waals surface area contributed by atoms with Crippen LogP contribution in [0, 0.1) is 0 Å². The van der Waals surface area contributed by atoms with E-state index in [9.17, 15) is 17.3 Å². The Morgan fingerprint density at radius 3 is 1.68 bits per heavy atom. The van der Waals surface area contributed by atoms with Gasteiger partial charge < -0.3 is 31.2 Å². The molecule has 0 aliphatic rings. The quantitative estimate of drug-likeness (QED) is 0.170. The molecule has 0 spiro atoms. The maximum atomic E-state index is 9.75. The summed E-state index contributed by atoms with van der Waals surface area (Å²) in [5.74, 6) is 0. The third-order valence-corrected chi connectivity index (χ3v) is 3.69. The van der Waals surface area contributed by atoms with Crippen LogP contribution in [0.5, 0.6) is 0 Å². The first-order valence-electron chi connectivity index (χ1n) is 8.12. The van der Waals surface area contributed by atoms with E-state index >= 15 is 0 Å². The van der Waals surface area contributed by atoms with Gasteiger partial charge in [-0.05, 0) is 27.2 Å². The van der Waals surface area contributed by atoms with Gasteiger partial charge in [-0.1, -0.05) is 26.2 Å². The van der Waals surface area contributed by atoms with Gasteiger partial charge in [0.15, 0.2) is 13.5 Å². The monoisotopic (exact) mass is 333 g/mol. The Morgan fingerprint density at radius 2 is 1.27 bits per heavy atom. The Balaban J connectivity index is 0. The molecule has 3 nitrogen and oxygen atoms in total. The number of ether oxygens (including phenoxy) is 2. The Labute approximate surface area is 132 Å². The Kier molecular flexibility index (Phi) is 15.5. The maximum Gasteiger partial charge on any atom is 0.673 e. The van der Waals surface area contributed by atoms with E-state index in [-0.39, 0.29) is 0 Å². The fraction of sp³-hybridized carbons (Fsp3) is 1.00. The third-order valence-electron chi connectivity index (χ3n) is 3.69. The van der Waals surface area contributed by atoms with Crippen LogP contribution in [0.25, 0.3) is 0 Å². The van der Waals surface area contributed by atoms with Crippen LogP contribution in [-0.4, -0.2) is 51.5 Å². The zero-order chi connectivity index (χ0) is 17.5. The molecule has 0 rings (SSSR count). The normalized spacial score (nSPS) is 12.0. The van der Waals surface area contributed by atoms with Gasteiger partial charge in [0.25, 0.3) is 0 Å². The van der Waals surface area contributed by atoms with Gasteiger partial charge in [-0.3, -0.25) is 0 Å². The standard InChI is InChI=1S/C14H32NO2.BF4/c1-5-9-10-11-12-16-14-17-13-15(6-2,7-3)8-4;2-1(3,4)5/h5-14H2,1-4H3;/q+1;-1. The smallest absolute Gasteiger partial charge is 0.418 e. The predicted molar refractivity (Wildman–Crippen MR) is 83.0 cm³/mol. The van der Waals surface area contributed by atoms with E-state index in [1.807, 2.05) is 0 Å². The highest BCUT2D eigenvalue weighted by Crippen LogP contribution is 2.07. The van der Waals surface area contributed by atoms with Crippen molar-refractivity contribution in [3.05, 3.63) is 0 Å². The summed E-state index contributed by atoms with van der Waals surface area (Å²) in [7, 11) is -6.00. The van der Waals surface area contributed by atoms with Crippen molar-refractivity contribution in [2.75, 3.05) is 39.8 Å². The van der Waals surface area contributed by atoms with Crippen LogP contribution in [0.4, 0.5) is 17.3 Å². The molecule has 0 radical (unpaired) electrons. The molecule has 136 valence electrons. The number of nitrogens with zero attached hydrogens (tertiary/aromatic N) is 1. The van der Waals surface area contributed by atoms with Crippen LogP contribution in [0.3, 0.4) is 0 Å². The summed E-state index contributed by atoms with van der Waals surface area (Å²) in [6.45, 7) is 14.3. The first-order valence-corrected chi connectivity index (χ1v) is 8.12. The van der Waals surface area contributed by atoms with E-state index in [4.69, 9.17) is 9.47 Å². The zero-order valence-electron chi connectivity index (χ0n) is 14.4. The molecule has 0 aromatic carbocycles. The molecule has 0 amide bonds. The maximum absolute atomic E-state index is 9.75. The van der Waals surface area contributed by atoms with Crippen LogP contribution < -0.4 is 0 Å². The van der Waals surface area contributed by atoms with Crippen molar-refractivity contribution in [1.82, 2.24) is 0 Å². The lowest BCUT2D eigenvalue weighted by Crippen LogP contribution is -2.49. The number of unbranched alkanes of at least 4 members (excludes halogenated alkanes) is 3. The molecule has 0 aromatic heterocycles. The van der Waals surface area contributed by atoms with Gasteiger partial charge in [-0.15, -0.1) is 0 Å². The molecule has 0 fully saturated rings. The molecule has 0 aromatic rings. The van der Waals surface area contributed by atoms with Gasteiger partial charge in [-0.2, -0.15) is 0 Å². The number of halogens is 4. The Hall–Kier alpha value is -0.335. The van der Waals surface area contributed by atoms with Crippen molar-refractivity contribution < 1.29 is 31.2 Å². The van der Waals surface area contributed by atoms with Gasteiger partial charge in [0.05, 0.1) is 19.6 Å². The predicted octanol–water partition coefficient (Wildman–Crippen LogP) is 4.69. The van der Waals surface area contributed by atoms with E-state index in [0.717, 1.165) is 43.9 Å². The van der Waals surface area contributed by atoms with E-state index in [1.165, 1.54) is 19.3 Å². The number of hydrogen-bond acceptors (Lipinski definition) is 2. The van der Waals surface area contributed by atoms with Gasteiger partial charge in [0, 0.05) is 6.61 Å². The summed E-state index contributed by atoms with van der Waals surface area (Å²) in [6, 6.07) is 0. The number of quaternary nitrogens is 1. The molecule has 8 heteroatoms. The molecular weight excluding hydrogens is 301 g/mol. The summed E-state index contributed by atoms with van der Waals surface area (Å²) in [5.41, 5.74) is 0. The average molecular weight is 333 g/mol. The molecule has 0 aliphatic heterocycles. The summed E-state index contributed by atoms with van der Waals surface area (Å²) in [6.07, 6.45) is 5.02. The van der Waals surface area contributed by atoms with Crippen LogP contribution in [-0.2, 0) is 9.47 Å². The van der Waals surface area contributed by atoms with E-state index < -0.39 is 7.25 Å². The highest BCUT2D eigenvalue weighted by Gasteiger charge is 2.21. The van der Waals surface area contributed by atoms with Crippen molar-refractivity contribution in [3.8, 4) is 0 Å². The SMILES string of the molecule is CCCCCCOCOC[N+](CC)(CC)CC.F[B-](F)(F)F. The summed E-state index contributed by atoms with van der Waals surface area (Å²) in [4.78, 5) is 0. The molecule has 0 atom stereocenters. The molecule has 0 saturated carbocycles. The summed E-state index contributed by atoms with van der Waals surface area (Å²) < 4.78 is 51.1. The van der Waals surface area contributed by atoms with E-state index in [0.29, 0.717) is 6.79 Å². The summed E-state index contributed by atoms with van der Waals surface area (Å²) >= 11 is 0. The second kappa shape index (κ2) is 14.3. The van der Waals surface area contributed by atoms with Crippen LogP contribution in [0.15, 0.2) is 0 Å². The average Bonchev–Trinajstić information content (AvgIpc) is 2.45. The minimum absolute atomic E-state index is 0.451. The molecule has 0 unspecified atom stereocenters. The van der Waals surface area contributed by atoms with Gasteiger partial charge in [0.1, 0.15) is 0 Å². The van der Waals surface area contributed by atoms with Crippen molar-refractivity contribution in [2.24, 2.45) is 0 Å². The molecule has 0 bridgehead atoms. The minimum atomic E-state index is -6.00. The van der Waals surface area contributed by atoms with Crippen LogP contribution >= 0.6 is 0 Å². The first-order chi connectivity index (χ1) is 10.2. The topological polar surface area (TPSA) is 18.5 Å². The van der Waals surface area contributed by atoms with Gasteiger partial charge in [-0.25, -0.2) is 0 Å². The second-order valence-electron chi connectivity index (χ2n) is 5.21. The lowest BCUT2D eigenvalue weighted by Gasteiger charge is -2.34. The lowest BCUT2D eigenvalue weighted by atomic mass is 10.2. The largest absolute Gasteiger partial charge is 0.673 e. The van der Waals surface area contributed by atoms with E-state index in [1.54, 1.807) is 0 Å². The zero-order valence-corrected chi connectivity index (χ0v) is 14.4. The Morgan fingerprint density at radius 1 is 0.773 bits per heavy atom. The fourth-order valence-electron chi connectivity index (χ4n) is 1.92. The molecule has 0 heterocycles. The lowest BCUT2D eigenvalue weighted by molar-refractivity contribution is -0.941. The van der Waals surface area contributed by atoms with Crippen LogP contribution in [0.2, 0.25) is 0 Å². The fourth-order valence-corrected chi connectivity index (χ4v) is 1.92. The number of hydrogen-bond donors (Lipinski definition) is 0. The van der Waals surface area contributed by atoms with Crippen molar-refractivity contribution in [2.45, 2.75) is 53.4 Å². The second-order valence-corrected chi connectivity index (χ2v) is 5.21. The van der Waals surface area contributed by atoms with E-state index in [2.05, 4.69) is 27.7 Å². The van der Waals surface area contributed by atoms with Crippen molar-refractivity contribution in [3.63, 3.8) is 0 Å². The highest BCUT2D eigenvalue weighted by molar-refractivity contribution is 6.50. The molecule has 22 heavy (non-hydrogen) atoms. The van der Waals surface area contributed by atoms with Crippen molar-refractivity contribution in [1.29, 1.82) is 0 Å². The molecule has 0 saturated heterocycles. The summed E-state index contributed by atoms with van der Waals surface area (Å²) in [5, 5.41) is 0. The van der Waals surface area contributed by atoms with Gasteiger partial charge >= 0.3 is 7.25 Å².